The molecular weight excluding hydrogens is 720 g/mol. The lowest BCUT2D eigenvalue weighted by atomic mass is 10.1. The Hall–Kier alpha value is -5.38. The van der Waals surface area contributed by atoms with E-state index in [1.807, 2.05) is 115 Å². The number of rotatable bonds is 19. The van der Waals surface area contributed by atoms with Crippen molar-refractivity contribution in [2.75, 3.05) is 30.8 Å². The summed E-state index contributed by atoms with van der Waals surface area (Å²) in [6, 6.07) is 49.1. The lowest BCUT2D eigenvalue weighted by molar-refractivity contribution is 0.106. The van der Waals surface area contributed by atoms with Gasteiger partial charge in [-0.2, -0.15) is 0 Å². The maximum Gasteiger partial charge on any atom is 0.262 e. The van der Waals surface area contributed by atoms with Crippen LogP contribution >= 0.6 is 7.14 Å². The normalized spacial score (nSPS) is 12.1. The first-order valence-electron chi connectivity index (χ1n) is 17.6. The highest BCUT2D eigenvalue weighted by atomic mass is 32.2. The summed E-state index contributed by atoms with van der Waals surface area (Å²) in [4.78, 5) is 0.116. The van der Waals surface area contributed by atoms with Crippen molar-refractivity contribution in [2.45, 2.75) is 24.0 Å². The Balaban J connectivity index is 0.984. The molecule has 0 heterocycles. The Bertz CT molecular complexity index is 2170. The lowest BCUT2D eigenvalue weighted by Gasteiger charge is -2.20. The van der Waals surface area contributed by atoms with E-state index in [0.29, 0.717) is 30.3 Å². The van der Waals surface area contributed by atoms with Crippen LogP contribution in [0.25, 0.3) is 0 Å². The number of anilines is 1. The molecule has 6 aromatic rings. The molecule has 3 N–H and O–H groups in total. The van der Waals surface area contributed by atoms with Crippen LogP contribution in [0.15, 0.2) is 169 Å². The number of benzene rings is 6. The maximum absolute atomic E-state index is 14.2. The number of aliphatic hydroxyl groups is 1. The summed E-state index contributed by atoms with van der Waals surface area (Å²) in [6.45, 7) is 1.15. The number of aliphatic hydroxyl groups excluding tert-OH is 1. The van der Waals surface area contributed by atoms with Crippen molar-refractivity contribution in [1.82, 2.24) is 5.32 Å². The zero-order chi connectivity index (χ0) is 37.6. The molecule has 0 fully saturated rings. The fourth-order valence-electron chi connectivity index (χ4n) is 5.65. The molecule has 0 saturated heterocycles. The summed E-state index contributed by atoms with van der Waals surface area (Å²) in [5.41, 5.74) is 2.23. The third-order valence-corrected chi connectivity index (χ3v) is 12.7. The van der Waals surface area contributed by atoms with Crippen molar-refractivity contribution < 1.29 is 32.3 Å². The summed E-state index contributed by atoms with van der Waals surface area (Å²) in [5.74, 6) is 1.35. The molecular formula is C43H43N2O7PS. The average molecular weight is 763 g/mol. The van der Waals surface area contributed by atoms with Crippen molar-refractivity contribution in [3.05, 3.63) is 175 Å². The van der Waals surface area contributed by atoms with Crippen LogP contribution in [-0.2, 0) is 27.6 Å². The summed E-state index contributed by atoms with van der Waals surface area (Å²) in [7, 11) is -6.90. The zero-order valence-electron chi connectivity index (χ0n) is 29.7. The van der Waals surface area contributed by atoms with Crippen LogP contribution < -0.4 is 34.9 Å². The van der Waals surface area contributed by atoms with Crippen LogP contribution in [0.2, 0.25) is 0 Å². The summed E-state index contributed by atoms with van der Waals surface area (Å²) < 4.78 is 61.1. The minimum absolute atomic E-state index is 0.00997. The Morgan fingerprint density at radius 2 is 1.20 bits per heavy atom. The highest BCUT2D eigenvalue weighted by Gasteiger charge is 2.28. The molecule has 0 aliphatic rings. The first kappa shape index (κ1) is 38.3. The van der Waals surface area contributed by atoms with Crippen molar-refractivity contribution >= 4 is 33.5 Å². The first-order chi connectivity index (χ1) is 26.3. The molecule has 0 spiro atoms. The molecule has 6 rings (SSSR count). The Labute approximate surface area is 317 Å². The summed E-state index contributed by atoms with van der Waals surface area (Å²) in [6.07, 6.45) is -0.0433. The fraction of sp³-hybridized carbons (Fsp3) is 0.163. The Morgan fingerprint density at radius 1 is 0.630 bits per heavy atom. The fourth-order valence-corrected chi connectivity index (χ4v) is 8.97. The van der Waals surface area contributed by atoms with Crippen LogP contribution in [0, 0.1) is 0 Å². The van der Waals surface area contributed by atoms with Crippen molar-refractivity contribution in [2.24, 2.45) is 0 Å². The predicted molar refractivity (Wildman–Crippen MR) is 214 cm³/mol. The minimum Gasteiger partial charge on any atom is -0.491 e. The van der Waals surface area contributed by atoms with E-state index < -0.39 is 23.3 Å². The molecule has 54 heavy (non-hydrogen) atoms. The summed E-state index contributed by atoms with van der Waals surface area (Å²) in [5, 5.41) is 15.4. The quantitative estimate of drug-likeness (QED) is 0.0597. The topological polar surface area (TPSA) is 123 Å². The Morgan fingerprint density at radius 3 is 1.83 bits per heavy atom. The molecule has 0 amide bonds. The minimum atomic E-state index is -3.90. The molecule has 0 aliphatic heterocycles. The number of nitrogens with one attached hydrogen (secondary N) is 2. The van der Waals surface area contributed by atoms with E-state index in [9.17, 15) is 18.1 Å². The second-order valence-corrected chi connectivity index (χ2v) is 17.1. The third-order valence-electron chi connectivity index (χ3n) is 8.58. The highest BCUT2D eigenvalue weighted by Crippen LogP contribution is 2.43. The standard InChI is InChI=1S/C43H43N2O7PS/c46-36(30-44-28-27-34-21-23-37(24-22-34)52-33-53(47,39-15-7-2-8-16-39)40-17-9-3-10-18-40)32-50-38-25-26-43(51-31-35-13-5-1-6-14-35)42(29-38)45-54(48,49)41-19-11-4-12-20-41/h1-26,29,36,44-46H,27-28,30-33H2/t36-/m0/s1. The summed E-state index contributed by atoms with van der Waals surface area (Å²) >= 11 is 0. The van der Waals surface area contributed by atoms with Gasteiger partial charge in [0.1, 0.15) is 42.9 Å². The first-order valence-corrected chi connectivity index (χ1v) is 21.0. The smallest absolute Gasteiger partial charge is 0.262 e. The number of sulfonamides is 1. The predicted octanol–water partition coefficient (Wildman–Crippen LogP) is 6.99. The maximum atomic E-state index is 14.2. The van der Waals surface area contributed by atoms with Gasteiger partial charge >= 0.3 is 0 Å². The van der Waals surface area contributed by atoms with Crippen molar-refractivity contribution in [3.8, 4) is 17.2 Å². The van der Waals surface area contributed by atoms with Crippen LogP contribution in [0.1, 0.15) is 11.1 Å². The zero-order valence-corrected chi connectivity index (χ0v) is 31.4. The van der Waals surface area contributed by atoms with Crippen LogP contribution in [0.5, 0.6) is 17.2 Å². The molecule has 0 saturated carbocycles. The molecule has 0 bridgehead atoms. The van der Waals surface area contributed by atoms with E-state index in [1.165, 1.54) is 12.1 Å². The number of hydrogen-bond acceptors (Lipinski definition) is 8. The van der Waals surface area contributed by atoms with E-state index in [-0.39, 0.29) is 30.1 Å². The molecule has 9 nitrogen and oxygen atoms in total. The van der Waals surface area contributed by atoms with Gasteiger partial charge in [0.2, 0.25) is 0 Å². The molecule has 0 aromatic heterocycles. The third kappa shape index (κ3) is 10.6. The molecule has 6 aromatic carbocycles. The molecule has 0 unspecified atom stereocenters. The van der Waals surface area contributed by atoms with Crippen molar-refractivity contribution in [1.29, 1.82) is 0 Å². The second-order valence-electron chi connectivity index (χ2n) is 12.6. The van der Waals surface area contributed by atoms with Gasteiger partial charge in [-0.15, -0.1) is 0 Å². The highest BCUT2D eigenvalue weighted by molar-refractivity contribution is 7.92. The van der Waals surface area contributed by atoms with E-state index in [2.05, 4.69) is 10.0 Å². The van der Waals surface area contributed by atoms with Gasteiger partial charge in [-0.1, -0.05) is 121 Å². The molecule has 0 aliphatic carbocycles. The average Bonchev–Trinajstić information content (AvgIpc) is 3.22. The van der Waals surface area contributed by atoms with Crippen LogP contribution in [-0.4, -0.2) is 45.7 Å². The number of hydrogen-bond donors (Lipinski definition) is 3. The van der Waals surface area contributed by atoms with Gasteiger partial charge < -0.3 is 29.2 Å². The van der Waals surface area contributed by atoms with Gasteiger partial charge in [0.05, 0.1) is 10.6 Å². The van der Waals surface area contributed by atoms with Crippen LogP contribution in [0.3, 0.4) is 0 Å². The van der Waals surface area contributed by atoms with Gasteiger partial charge in [-0.3, -0.25) is 4.72 Å². The van der Waals surface area contributed by atoms with E-state index in [0.717, 1.165) is 28.2 Å². The van der Waals surface area contributed by atoms with Crippen LogP contribution in [0.4, 0.5) is 5.69 Å². The second kappa shape index (κ2) is 18.6. The SMILES string of the molecule is O=P(COc1ccc(CCNC[C@H](O)COc2ccc(OCc3ccccc3)c(NS(=O)(=O)c3ccccc3)c2)cc1)(c1ccccc1)c1ccccc1. The molecule has 0 radical (unpaired) electrons. The van der Waals surface area contributed by atoms with E-state index >= 15 is 0 Å². The largest absolute Gasteiger partial charge is 0.491 e. The van der Waals surface area contributed by atoms with E-state index in [4.69, 9.17) is 14.2 Å². The van der Waals surface area contributed by atoms with E-state index in [1.54, 1.807) is 36.4 Å². The van der Waals surface area contributed by atoms with Gasteiger partial charge in [0.25, 0.3) is 10.0 Å². The van der Waals surface area contributed by atoms with Gasteiger partial charge in [0, 0.05) is 23.2 Å². The molecule has 278 valence electrons. The van der Waals surface area contributed by atoms with Gasteiger partial charge in [0.15, 0.2) is 7.14 Å². The monoisotopic (exact) mass is 762 g/mol. The van der Waals surface area contributed by atoms with Gasteiger partial charge in [-0.05, 0) is 60.5 Å². The molecule has 1 atom stereocenters. The van der Waals surface area contributed by atoms with Crippen molar-refractivity contribution in [3.63, 3.8) is 0 Å². The lowest BCUT2D eigenvalue weighted by Crippen LogP contribution is -2.32. The number of ether oxygens (including phenoxy) is 3. The molecule has 11 heteroatoms. The Kier molecular flexibility index (Phi) is 13.2. The van der Waals surface area contributed by atoms with Gasteiger partial charge in [-0.25, -0.2) is 8.42 Å².